The van der Waals surface area contributed by atoms with Gasteiger partial charge in [0.15, 0.2) is 0 Å². The summed E-state index contributed by atoms with van der Waals surface area (Å²) < 4.78 is 5.21. The number of nitrogens with zero attached hydrogens (tertiary/aromatic N) is 2. The Morgan fingerprint density at radius 2 is 2.29 bits per heavy atom. The first kappa shape index (κ1) is 13.5. The normalized spacial score (nSPS) is 19.9. The van der Waals surface area contributed by atoms with E-state index < -0.39 is 6.04 Å². The summed E-state index contributed by atoms with van der Waals surface area (Å²) in [7, 11) is 0. The monoisotopic (exact) mass is 239 g/mol. The lowest BCUT2D eigenvalue weighted by molar-refractivity contribution is -0.148. The Morgan fingerprint density at radius 1 is 1.59 bits per heavy atom. The highest BCUT2D eigenvalue weighted by molar-refractivity contribution is 5.88. The van der Waals surface area contributed by atoms with Crippen LogP contribution in [0.3, 0.4) is 0 Å². The van der Waals surface area contributed by atoms with Gasteiger partial charge in [-0.3, -0.25) is 9.59 Å². The molecule has 6 heteroatoms. The van der Waals surface area contributed by atoms with Gasteiger partial charge in [-0.25, -0.2) is 0 Å². The molecule has 1 N–H and O–H groups in total. The average molecular weight is 239 g/mol. The van der Waals surface area contributed by atoms with Crippen molar-refractivity contribution in [3.8, 4) is 6.07 Å². The van der Waals surface area contributed by atoms with Gasteiger partial charge in [-0.2, -0.15) is 5.26 Å². The van der Waals surface area contributed by atoms with Crippen molar-refractivity contribution < 1.29 is 14.3 Å². The summed E-state index contributed by atoms with van der Waals surface area (Å²) in [6.07, 6.45) is -0.203. The van der Waals surface area contributed by atoms with E-state index in [1.165, 1.54) is 4.90 Å². The van der Waals surface area contributed by atoms with Gasteiger partial charge in [-0.1, -0.05) is 0 Å². The maximum atomic E-state index is 11.9. The molecule has 0 spiro atoms. The Hall–Kier alpha value is -1.61. The Labute approximate surface area is 101 Å². The van der Waals surface area contributed by atoms with Crippen LogP contribution >= 0.6 is 0 Å². The number of hydrogen-bond acceptors (Lipinski definition) is 4. The highest BCUT2D eigenvalue weighted by Gasteiger charge is 2.32. The molecular formula is C11H17N3O3. The summed E-state index contributed by atoms with van der Waals surface area (Å²) in [5.74, 6) is -0.550. The number of carbonyl (C=O) groups is 2. The molecule has 17 heavy (non-hydrogen) atoms. The minimum absolute atomic E-state index is 0.0114. The molecule has 1 heterocycles. The van der Waals surface area contributed by atoms with Gasteiger partial charge in [0.05, 0.1) is 19.3 Å². The Balaban J connectivity index is 2.69. The molecule has 1 saturated heterocycles. The third-order valence-electron chi connectivity index (χ3n) is 2.41. The van der Waals surface area contributed by atoms with E-state index >= 15 is 0 Å². The van der Waals surface area contributed by atoms with Gasteiger partial charge in [0.2, 0.25) is 11.8 Å². The summed E-state index contributed by atoms with van der Waals surface area (Å²) in [6.45, 7) is 4.65. The van der Waals surface area contributed by atoms with Gasteiger partial charge >= 0.3 is 0 Å². The van der Waals surface area contributed by atoms with Crippen LogP contribution in [0.15, 0.2) is 0 Å². The summed E-state index contributed by atoms with van der Waals surface area (Å²) in [4.78, 5) is 24.9. The number of amides is 2. The number of hydrogen-bond donors (Lipinski definition) is 1. The molecule has 1 atom stereocenters. The highest BCUT2D eigenvalue weighted by Crippen LogP contribution is 2.09. The second-order valence-electron chi connectivity index (χ2n) is 4.18. The van der Waals surface area contributed by atoms with Crippen molar-refractivity contribution >= 4 is 11.8 Å². The Morgan fingerprint density at radius 3 is 2.88 bits per heavy atom. The second kappa shape index (κ2) is 6.21. The van der Waals surface area contributed by atoms with Crippen molar-refractivity contribution in [3.05, 3.63) is 0 Å². The molecule has 94 valence electrons. The Kier molecular flexibility index (Phi) is 4.91. The van der Waals surface area contributed by atoms with Crippen molar-refractivity contribution in [3.63, 3.8) is 0 Å². The molecule has 0 saturated carbocycles. The first-order valence-electron chi connectivity index (χ1n) is 5.60. The topological polar surface area (TPSA) is 82.4 Å². The van der Waals surface area contributed by atoms with Crippen LogP contribution in [0.2, 0.25) is 0 Å². The van der Waals surface area contributed by atoms with E-state index in [9.17, 15) is 9.59 Å². The molecule has 1 fully saturated rings. The predicted molar refractivity (Wildman–Crippen MR) is 59.8 cm³/mol. The zero-order valence-corrected chi connectivity index (χ0v) is 10.1. The number of ether oxygens (including phenoxy) is 1. The van der Waals surface area contributed by atoms with E-state index in [2.05, 4.69) is 5.32 Å². The van der Waals surface area contributed by atoms with Crippen LogP contribution in [0.5, 0.6) is 0 Å². The number of morpholine rings is 1. The van der Waals surface area contributed by atoms with Gasteiger partial charge in [-0.05, 0) is 13.8 Å². The maximum Gasteiger partial charge on any atom is 0.245 e. The first-order chi connectivity index (χ1) is 8.06. The zero-order valence-electron chi connectivity index (χ0n) is 10.1. The molecule has 0 aromatic rings. The van der Waals surface area contributed by atoms with Crippen LogP contribution in [0, 0.1) is 11.3 Å². The SMILES string of the molecule is CC(C)NC(=O)C1COCCN1C(=O)CC#N. The molecule has 2 amide bonds. The van der Waals surface area contributed by atoms with Crippen molar-refractivity contribution in [1.82, 2.24) is 10.2 Å². The van der Waals surface area contributed by atoms with Gasteiger partial charge in [-0.15, -0.1) is 0 Å². The van der Waals surface area contributed by atoms with Crippen molar-refractivity contribution in [2.75, 3.05) is 19.8 Å². The molecule has 0 aliphatic carbocycles. The third kappa shape index (κ3) is 3.71. The molecule has 0 aromatic carbocycles. The number of carbonyl (C=O) groups excluding carboxylic acids is 2. The second-order valence-corrected chi connectivity index (χ2v) is 4.18. The molecule has 6 nitrogen and oxygen atoms in total. The lowest BCUT2D eigenvalue weighted by atomic mass is 10.2. The molecule has 0 bridgehead atoms. The van der Waals surface area contributed by atoms with E-state index in [0.717, 1.165) is 0 Å². The van der Waals surface area contributed by atoms with Crippen molar-refractivity contribution in [1.29, 1.82) is 5.26 Å². The first-order valence-corrected chi connectivity index (χ1v) is 5.60. The fourth-order valence-corrected chi connectivity index (χ4v) is 1.67. The van der Waals surface area contributed by atoms with Gasteiger partial charge in [0.25, 0.3) is 0 Å². The van der Waals surface area contributed by atoms with E-state index in [1.54, 1.807) is 6.07 Å². The minimum atomic E-state index is -0.619. The highest BCUT2D eigenvalue weighted by atomic mass is 16.5. The van der Waals surface area contributed by atoms with Crippen molar-refractivity contribution in [2.45, 2.75) is 32.4 Å². The lowest BCUT2D eigenvalue weighted by Crippen LogP contribution is -2.56. The maximum absolute atomic E-state index is 11.9. The van der Waals surface area contributed by atoms with Crippen LogP contribution in [-0.2, 0) is 14.3 Å². The van der Waals surface area contributed by atoms with Gasteiger partial charge in [0.1, 0.15) is 12.5 Å². The van der Waals surface area contributed by atoms with E-state index in [-0.39, 0.29) is 30.9 Å². The Bertz CT molecular complexity index is 335. The summed E-state index contributed by atoms with van der Waals surface area (Å²) in [6, 6.07) is 1.19. The summed E-state index contributed by atoms with van der Waals surface area (Å²) in [5.41, 5.74) is 0. The minimum Gasteiger partial charge on any atom is -0.377 e. The van der Waals surface area contributed by atoms with Crippen LogP contribution in [-0.4, -0.2) is 48.6 Å². The zero-order chi connectivity index (χ0) is 12.8. The molecule has 0 aromatic heterocycles. The third-order valence-corrected chi connectivity index (χ3v) is 2.41. The number of rotatable bonds is 3. The smallest absolute Gasteiger partial charge is 0.245 e. The van der Waals surface area contributed by atoms with Crippen LogP contribution < -0.4 is 5.32 Å². The fourth-order valence-electron chi connectivity index (χ4n) is 1.67. The molecular weight excluding hydrogens is 222 g/mol. The average Bonchev–Trinajstić information content (AvgIpc) is 2.28. The van der Waals surface area contributed by atoms with Crippen LogP contribution in [0.4, 0.5) is 0 Å². The lowest BCUT2D eigenvalue weighted by Gasteiger charge is -2.34. The molecule has 0 radical (unpaired) electrons. The van der Waals surface area contributed by atoms with Crippen LogP contribution in [0.1, 0.15) is 20.3 Å². The van der Waals surface area contributed by atoms with E-state index in [0.29, 0.717) is 13.2 Å². The number of nitriles is 1. The summed E-state index contributed by atoms with van der Waals surface area (Å²) in [5, 5.41) is 11.3. The van der Waals surface area contributed by atoms with E-state index in [1.807, 2.05) is 13.8 Å². The van der Waals surface area contributed by atoms with Crippen molar-refractivity contribution in [2.24, 2.45) is 0 Å². The summed E-state index contributed by atoms with van der Waals surface area (Å²) >= 11 is 0. The molecule has 1 aliphatic heterocycles. The molecule has 1 rings (SSSR count). The van der Waals surface area contributed by atoms with Crippen LogP contribution in [0.25, 0.3) is 0 Å². The number of nitrogens with one attached hydrogen (secondary N) is 1. The fraction of sp³-hybridized carbons (Fsp3) is 0.727. The standard InChI is InChI=1S/C11H17N3O3/c1-8(2)13-11(16)9-7-17-6-5-14(9)10(15)3-4-12/h8-9H,3,5-7H2,1-2H3,(H,13,16). The predicted octanol–water partition coefficient (Wildman–Crippen LogP) is -0.348. The van der Waals surface area contributed by atoms with Gasteiger partial charge < -0.3 is 15.0 Å². The van der Waals surface area contributed by atoms with Gasteiger partial charge in [0, 0.05) is 12.6 Å². The van der Waals surface area contributed by atoms with E-state index in [4.69, 9.17) is 10.00 Å². The quantitative estimate of drug-likeness (QED) is 0.730. The largest absolute Gasteiger partial charge is 0.377 e. The molecule has 1 unspecified atom stereocenters. The molecule has 1 aliphatic rings.